The molecule has 1 fully saturated rings. The van der Waals surface area contributed by atoms with Crippen LogP contribution in [0.4, 0.5) is 0 Å². The molecule has 0 aromatic carbocycles. The van der Waals surface area contributed by atoms with E-state index in [-0.39, 0.29) is 11.9 Å². The van der Waals surface area contributed by atoms with Crippen LogP contribution in [-0.4, -0.2) is 18.5 Å². The fourth-order valence-electron chi connectivity index (χ4n) is 2.84. The fourth-order valence-corrected chi connectivity index (χ4v) is 2.84. The van der Waals surface area contributed by atoms with Crippen molar-refractivity contribution >= 4 is 5.91 Å². The molecule has 100 valence electrons. The molecule has 3 atom stereocenters. The Morgan fingerprint density at radius 2 is 2.12 bits per heavy atom. The molecule has 0 aliphatic heterocycles. The van der Waals surface area contributed by atoms with E-state index in [1.807, 2.05) is 0 Å². The van der Waals surface area contributed by atoms with Crippen LogP contribution in [0.25, 0.3) is 0 Å². The highest BCUT2D eigenvalue weighted by Crippen LogP contribution is 2.32. The lowest BCUT2D eigenvalue weighted by Gasteiger charge is -2.20. The number of amides is 1. The molecule has 1 rings (SSSR count). The van der Waals surface area contributed by atoms with E-state index in [9.17, 15) is 4.79 Å². The molecule has 3 N–H and O–H groups in total. The van der Waals surface area contributed by atoms with Crippen molar-refractivity contribution in [2.45, 2.75) is 58.9 Å². The van der Waals surface area contributed by atoms with Gasteiger partial charge in [-0.1, -0.05) is 27.2 Å². The monoisotopic (exact) mass is 240 g/mol. The lowest BCUT2D eigenvalue weighted by molar-refractivity contribution is -0.122. The molecule has 3 unspecified atom stereocenters. The maximum atomic E-state index is 11.9. The van der Waals surface area contributed by atoms with Crippen LogP contribution in [0, 0.1) is 17.8 Å². The van der Waals surface area contributed by atoms with Crippen LogP contribution in [0.2, 0.25) is 0 Å². The van der Waals surface area contributed by atoms with Gasteiger partial charge in [0.05, 0.1) is 0 Å². The van der Waals surface area contributed by atoms with Gasteiger partial charge in [-0.15, -0.1) is 0 Å². The minimum atomic E-state index is 0.154. The third-order valence-corrected chi connectivity index (χ3v) is 3.68. The molecule has 3 heteroatoms. The summed E-state index contributed by atoms with van der Waals surface area (Å²) in [5, 5.41) is 3.08. The summed E-state index contributed by atoms with van der Waals surface area (Å²) in [6, 6.07) is 0.154. The molecule has 0 bridgehead atoms. The molecule has 1 aliphatic rings. The van der Waals surface area contributed by atoms with Gasteiger partial charge in [0.25, 0.3) is 0 Å². The van der Waals surface area contributed by atoms with Crippen molar-refractivity contribution in [3.8, 4) is 0 Å². The summed E-state index contributed by atoms with van der Waals surface area (Å²) in [7, 11) is 0. The Bertz CT molecular complexity index is 240. The molecule has 0 radical (unpaired) electrons. The van der Waals surface area contributed by atoms with Crippen LogP contribution in [0.5, 0.6) is 0 Å². The van der Waals surface area contributed by atoms with Crippen LogP contribution >= 0.6 is 0 Å². The van der Waals surface area contributed by atoms with E-state index < -0.39 is 0 Å². The number of hydrogen-bond donors (Lipinski definition) is 2. The van der Waals surface area contributed by atoms with Crippen LogP contribution in [-0.2, 0) is 4.79 Å². The van der Waals surface area contributed by atoms with E-state index in [4.69, 9.17) is 5.73 Å². The van der Waals surface area contributed by atoms with Gasteiger partial charge in [-0.25, -0.2) is 0 Å². The SMILES string of the molecule is CC(C)CC(CN)NC(=O)CC1CCC(C)C1. The van der Waals surface area contributed by atoms with E-state index in [2.05, 4.69) is 26.1 Å². The average Bonchev–Trinajstić information content (AvgIpc) is 2.62. The van der Waals surface area contributed by atoms with Gasteiger partial charge < -0.3 is 11.1 Å². The van der Waals surface area contributed by atoms with E-state index in [1.54, 1.807) is 0 Å². The summed E-state index contributed by atoms with van der Waals surface area (Å²) >= 11 is 0. The van der Waals surface area contributed by atoms with Gasteiger partial charge in [0.15, 0.2) is 0 Å². The van der Waals surface area contributed by atoms with Crippen LogP contribution in [0.1, 0.15) is 52.9 Å². The van der Waals surface area contributed by atoms with Crippen LogP contribution < -0.4 is 11.1 Å². The van der Waals surface area contributed by atoms with Crippen molar-refractivity contribution < 1.29 is 4.79 Å². The molecule has 0 spiro atoms. The molecule has 1 saturated carbocycles. The molecule has 1 amide bonds. The lowest BCUT2D eigenvalue weighted by Crippen LogP contribution is -2.41. The number of carbonyl (C=O) groups excluding carboxylic acids is 1. The number of nitrogens with two attached hydrogens (primary N) is 1. The topological polar surface area (TPSA) is 55.1 Å². The van der Waals surface area contributed by atoms with E-state index in [0.29, 0.717) is 24.8 Å². The summed E-state index contributed by atoms with van der Waals surface area (Å²) < 4.78 is 0. The second kappa shape index (κ2) is 7.00. The Morgan fingerprint density at radius 3 is 2.59 bits per heavy atom. The highest BCUT2D eigenvalue weighted by Gasteiger charge is 2.24. The maximum Gasteiger partial charge on any atom is 0.220 e. The first-order valence-electron chi connectivity index (χ1n) is 7.00. The number of carbonyl (C=O) groups is 1. The van der Waals surface area contributed by atoms with Gasteiger partial charge in [-0.2, -0.15) is 0 Å². The van der Waals surface area contributed by atoms with Crippen molar-refractivity contribution in [2.75, 3.05) is 6.54 Å². The van der Waals surface area contributed by atoms with E-state index >= 15 is 0 Å². The largest absolute Gasteiger partial charge is 0.352 e. The first-order valence-corrected chi connectivity index (χ1v) is 7.00. The molecule has 17 heavy (non-hydrogen) atoms. The van der Waals surface area contributed by atoms with Crippen molar-refractivity contribution in [2.24, 2.45) is 23.5 Å². The Morgan fingerprint density at radius 1 is 1.41 bits per heavy atom. The Balaban J connectivity index is 2.27. The maximum absolute atomic E-state index is 11.9. The first-order chi connectivity index (χ1) is 8.01. The smallest absolute Gasteiger partial charge is 0.220 e. The van der Waals surface area contributed by atoms with Crippen molar-refractivity contribution in [3.63, 3.8) is 0 Å². The summed E-state index contributed by atoms with van der Waals surface area (Å²) in [6.45, 7) is 7.14. The molecule has 0 aromatic heterocycles. The standard InChI is InChI=1S/C14H28N2O/c1-10(2)6-13(9-15)16-14(17)8-12-5-4-11(3)7-12/h10-13H,4-9,15H2,1-3H3,(H,16,17). The molecular weight excluding hydrogens is 212 g/mol. The third kappa shape index (κ3) is 5.53. The minimum Gasteiger partial charge on any atom is -0.352 e. The molecule has 1 aliphatic carbocycles. The zero-order valence-corrected chi connectivity index (χ0v) is 11.5. The van der Waals surface area contributed by atoms with Gasteiger partial charge in [-0.05, 0) is 37.0 Å². The first kappa shape index (κ1) is 14.5. The lowest BCUT2D eigenvalue weighted by atomic mass is 10.0. The van der Waals surface area contributed by atoms with E-state index in [1.165, 1.54) is 19.3 Å². The number of hydrogen-bond acceptors (Lipinski definition) is 2. The Hall–Kier alpha value is -0.570. The van der Waals surface area contributed by atoms with Crippen molar-refractivity contribution in [1.29, 1.82) is 0 Å². The van der Waals surface area contributed by atoms with Crippen molar-refractivity contribution in [1.82, 2.24) is 5.32 Å². The third-order valence-electron chi connectivity index (χ3n) is 3.68. The minimum absolute atomic E-state index is 0.154. The van der Waals surface area contributed by atoms with Gasteiger partial charge >= 0.3 is 0 Å². The zero-order valence-electron chi connectivity index (χ0n) is 11.5. The highest BCUT2D eigenvalue weighted by atomic mass is 16.1. The molecule has 0 aromatic rings. The molecule has 3 nitrogen and oxygen atoms in total. The van der Waals surface area contributed by atoms with Crippen LogP contribution in [0.3, 0.4) is 0 Å². The zero-order chi connectivity index (χ0) is 12.8. The Labute approximate surface area is 106 Å². The average molecular weight is 240 g/mol. The summed E-state index contributed by atoms with van der Waals surface area (Å²) in [5.74, 6) is 2.17. The molecular formula is C14H28N2O. The van der Waals surface area contributed by atoms with Gasteiger partial charge in [0.1, 0.15) is 0 Å². The second-order valence-corrected chi connectivity index (χ2v) is 6.12. The fraction of sp³-hybridized carbons (Fsp3) is 0.929. The van der Waals surface area contributed by atoms with Gasteiger partial charge in [0, 0.05) is 19.0 Å². The van der Waals surface area contributed by atoms with E-state index in [0.717, 1.165) is 12.3 Å². The Kier molecular flexibility index (Phi) is 5.96. The van der Waals surface area contributed by atoms with Gasteiger partial charge in [0.2, 0.25) is 5.91 Å². The normalized spacial score (nSPS) is 26.2. The highest BCUT2D eigenvalue weighted by molar-refractivity contribution is 5.76. The van der Waals surface area contributed by atoms with Crippen molar-refractivity contribution in [3.05, 3.63) is 0 Å². The van der Waals surface area contributed by atoms with Gasteiger partial charge in [-0.3, -0.25) is 4.79 Å². The quantitative estimate of drug-likeness (QED) is 0.748. The summed E-state index contributed by atoms with van der Waals surface area (Å²) in [5.41, 5.74) is 5.68. The number of nitrogens with one attached hydrogen (secondary N) is 1. The summed E-state index contributed by atoms with van der Waals surface area (Å²) in [4.78, 5) is 11.9. The summed E-state index contributed by atoms with van der Waals surface area (Å²) in [6.07, 6.45) is 5.38. The molecule has 0 heterocycles. The predicted octanol–water partition coefficient (Wildman–Crippen LogP) is 2.30. The van der Waals surface area contributed by atoms with Crippen LogP contribution in [0.15, 0.2) is 0 Å². The number of rotatable bonds is 6. The predicted molar refractivity (Wildman–Crippen MR) is 71.6 cm³/mol. The molecule has 0 saturated heterocycles. The second-order valence-electron chi connectivity index (χ2n) is 6.12.